The van der Waals surface area contributed by atoms with Crippen molar-refractivity contribution < 1.29 is 17.6 Å². The molecule has 0 unspecified atom stereocenters. The Labute approximate surface area is 173 Å². The molecule has 160 valence electrons. The van der Waals surface area contributed by atoms with Gasteiger partial charge in [-0.1, -0.05) is 13.8 Å². The molecule has 1 amide bonds. The monoisotopic (exact) mass is 420 g/mol. The molecule has 7 heteroatoms. The molecule has 1 aromatic heterocycles. The van der Waals surface area contributed by atoms with Gasteiger partial charge in [-0.3, -0.25) is 4.79 Å². The van der Waals surface area contributed by atoms with Gasteiger partial charge in [0.1, 0.15) is 4.90 Å². The van der Waals surface area contributed by atoms with Crippen LogP contribution in [-0.4, -0.2) is 38.9 Å². The maximum Gasteiger partial charge on any atom is 0.289 e. The Bertz CT molecular complexity index is 1020. The van der Waals surface area contributed by atoms with Crippen LogP contribution in [0.1, 0.15) is 66.8 Å². The largest absolute Gasteiger partial charge is 0.449 e. The smallest absolute Gasteiger partial charge is 0.289 e. The summed E-state index contributed by atoms with van der Waals surface area (Å²) >= 11 is 0. The lowest BCUT2D eigenvalue weighted by molar-refractivity contribution is 0.0693. The minimum Gasteiger partial charge on any atom is -0.449 e. The van der Waals surface area contributed by atoms with E-state index in [1.54, 1.807) is 6.92 Å². The number of piperidine rings is 1. The summed E-state index contributed by atoms with van der Waals surface area (Å²) in [4.78, 5) is 15.0. The summed E-state index contributed by atoms with van der Waals surface area (Å²) in [5.74, 6) is 0.506. The normalized spacial score (nSPS) is 15.4. The second kappa shape index (κ2) is 8.48. The Morgan fingerprint density at radius 1 is 1.14 bits per heavy atom. The average molecular weight is 421 g/mol. The Hall–Kier alpha value is -1.86. The molecule has 1 aliphatic rings. The predicted molar refractivity (Wildman–Crippen MR) is 115 cm³/mol. The van der Waals surface area contributed by atoms with Crippen LogP contribution in [0.25, 0.3) is 11.0 Å². The van der Waals surface area contributed by atoms with E-state index < -0.39 is 10.0 Å². The maximum atomic E-state index is 13.1. The van der Waals surface area contributed by atoms with Crippen LogP contribution in [0, 0.1) is 26.7 Å². The third-order valence-electron chi connectivity index (χ3n) is 5.81. The molecule has 0 aliphatic carbocycles. The van der Waals surface area contributed by atoms with Crippen molar-refractivity contribution in [3.8, 4) is 0 Å². The summed E-state index contributed by atoms with van der Waals surface area (Å²) < 4.78 is 34.9. The lowest BCUT2D eigenvalue weighted by atomic mass is 10.0. The average Bonchev–Trinajstić information content (AvgIpc) is 2.98. The number of carbonyl (C=O) groups is 1. The fourth-order valence-electron chi connectivity index (χ4n) is 3.87. The van der Waals surface area contributed by atoms with E-state index >= 15 is 0 Å². The number of likely N-dealkylation sites (tertiary alicyclic amines) is 1. The maximum absolute atomic E-state index is 13.1. The summed E-state index contributed by atoms with van der Waals surface area (Å²) in [6, 6.07) is 1.92. The number of furan rings is 1. The van der Waals surface area contributed by atoms with E-state index in [2.05, 4.69) is 18.6 Å². The van der Waals surface area contributed by atoms with E-state index in [0.29, 0.717) is 29.0 Å². The lowest BCUT2D eigenvalue weighted by Crippen LogP contribution is -2.35. The minimum atomic E-state index is -3.76. The number of nitrogens with zero attached hydrogens (tertiary/aromatic N) is 1. The Morgan fingerprint density at radius 2 is 1.79 bits per heavy atom. The van der Waals surface area contributed by atoms with E-state index in [0.717, 1.165) is 44.3 Å². The van der Waals surface area contributed by atoms with Crippen molar-refractivity contribution >= 4 is 26.9 Å². The van der Waals surface area contributed by atoms with Crippen molar-refractivity contribution in [2.24, 2.45) is 5.92 Å². The minimum absolute atomic E-state index is 0.148. The number of hydrogen-bond acceptors (Lipinski definition) is 4. The van der Waals surface area contributed by atoms with Gasteiger partial charge in [-0.15, -0.1) is 0 Å². The fourth-order valence-corrected chi connectivity index (χ4v) is 5.36. The van der Waals surface area contributed by atoms with Gasteiger partial charge in [0, 0.05) is 30.6 Å². The van der Waals surface area contributed by atoms with Crippen molar-refractivity contribution in [2.75, 3.05) is 19.6 Å². The molecule has 1 aromatic carbocycles. The van der Waals surface area contributed by atoms with Crippen LogP contribution in [0.4, 0.5) is 0 Å². The first-order valence-electron chi connectivity index (χ1n) is 10.5. The molecule has 0 radical (unpaired) electrons. The van der Waals surface area contributed by atoms with Gasteiger partial charge >= 0.3 is 0 Å². The number of sulfonamides is 1. The molecule has 3 rings (SSSR count). The van der Waals surface area contributed by atoms with Crippen molar-refractivity contribution in [3.05, 3.63) is 28.5 Å². The van der Waals surface area contributed by atoms with Gasteiger partial charge in [-0.25, -0.2) is 13.1 Å². The molecule has 0 saturated carbocycles. The quantitative estimate of drug-likeness (QED) is 0.755. The van der Waals surface area contributed by atoms with Gasteiger partial charge in [0.15, 0.2) is 11.3 Å². The number of fused-ring (bicyclic) bond motifs is 1. The van der Waals surface area contributed by atoms with Gasteiger partial charge in [0.25, 0.3) is 5.91 Å². The Morgan fingerprint density at radius 3 is 2.41 bits per heavy atom. The molecule has 2 heterocycles. The van der Waals surface area contributed by atoms with Crippen molar-refractivity contribution in [2.45, 2.75) is 65.2 Å². The molecule has 1 N–H and O–H groups in total. The summed E-state index contributed by atoms with van der Waals surface area (Å²) in [6.07, 6.45) is 3.86. The summed E-state index contributed by atoms with van der Waals surface area (Å²) in [5.41, 5.74) is 2.50. The first kappa shape index (κ1) is 21.8. The second-order valence-corrected chi connectivity index (χ2v) is 10.2. The van der Waals surface area contributed by atoms with Gasteiger partial charge in [-0.2, -0.15) is 0 Å². The molecule has 1 saturated heterocycles. The first-order chi connectivity index (χ1) is 13.6. The zero-order valence-corrected chi connectivity index (χ0v) is 18.9. The number of rotatable bonds is 6. The molecule has 2 aromatic rings. The van der Waals surface area contributed by atoms with Gasteiger partial charge in [-0.05, 0) is 69.6 Å². The van der Waals surface area contributed by atoms with Crippen LogP contribution in [0.3, 0.4) is 0 Å². The highest BCUT2D eigenvalue weighted by Gasteiger charge is 2.30. The van der Waals surface area contributed by atoms with Gasteiger partial charge in [0.05, 0.1) is 0 Å². The highest BCUT2D eigenvalue weighted by molar-refractivity contribution is 7.89. The highest BCUT2D eigenvalue weighted by Crippen LogP contribution is 2.35. The molecule has 6 nitrogen and oxygen atoms in total. The molecule has 0 atom stereocenters. The van der Waals surface area contributed by atoms with Crippen LogP contribution in [0.2, 0.25) is 0 Å². The van der Waals surface area contributed by atoms with E-state index in [9.17, 15) is 13.2 Å². The molecule has 1 aliphatic heterocycles. The Balaban J connectivity index is 2.08. The van der Waals surface area contributed by atoms with Crippen molar-refractivity contribution in [1.29, 1.82) is 0 Å². The number of amides is 1. The summed E-state index contributed by atoms with van der Waals surface area (Å²) in [5, 5.41) is 0.692. The zero-order chi connectivity index (χ0) is 21.3. The number of hydrogen-bond donors (Lipinski definition) is 1. The van der Waals surface area contributed by atoms with E-state index in [-0.39, 0.29) is 22.1 Å². The lowest BCUT2D eigenvalue weighted by Gasteiger charge is -2.25. The topological polar surface area (TPSA) is 79.6 Å². The molecular weight excluding hydrogens is 388 g/mol. The van der Waals surface area contributed by atoms with Crippen molar-refractivity contribution in [3.63, 3.8) is 0 Å². The molecule has 0 spiro atoms. The van der Waals surface area contributed by atoms with Crippen LogP contribution < -0.4 is 4.72 Å². The van der Waals surface area contributed by atoms with E-state index in [1.165, 1.54) is 0 Å². The highest BCUT2D eigenvalue weighted by atomic mass is 32.2. The van der Waals surface area contributed by atoms with Crippen LogP contribution in [0.15, 0.2) is 15.4 Å². The number of nitrogens with one attached hydrogen (secondary N) is 1. The fraction of sp³-hybridized carbons (Fsp3) is 0.591. The third-order valence-corrected chi connectivity index (χ3v) is 7.43. The number of carbonyl (C=O) groups excluding carboxylic acids is 1. The third kappa shape index (κ3) is 4.36. The first-order valence-corrected chi connectivity index (χ1v) is 11.9. The standard InChI is InChI=1S/C22H32N2O4S/c1-14(2)9-10-23-29(26,27)21-16(4)15(3)13-18-17(5)19(28-20(18)21)22(25)24-11-7-6-8-12-24/h13-14,23H,6-12H2,1-5H3. The SMILES string of the molecule is Cc1cc2c(C)c(C(=O)N3CCCCC3)oc2c(S(=O)(=O)NCCC(C)C)c1C. The van der Waals surface area contributed by atoms with E-state index in [4.69, 9.17) is 4.42 Å². The number of benzene rings is 1. The predicted octanol–water partition coefficient (Wildman–Crippen LogP) is 4.31. The van der Waals surface area contributed by atoms with Gasteiger partial charge < -0.3 is 9.32 Å². The Kier molecular flexibility index (Phi) is 6.39. The van der Waals surface area contributed by atoms with Crippen molar-refractivity contribution in [1.82, 2.24) is 9.62 Å². The molecule has 1 fully saturated rings. The summed E-state index contributed by atoms with van der Waals surface area (Å²) in [6.45, 7) is 11.4. The molecule has 0 bridgehead atoms. The van der Waals surface area contributed by atoms with Crippen LogP contribution in [-0.2, 0) is 10.0 Å². The van der Waals surface area contributed by atoms with Crippen LogP contribution in [0.5, 0.6) is 0 Å². The molecular formula is C22H32N2O4S. The summed E-state index contributed by atoms with van der Waals surface area (Å²) in [7, 11) is -3.76. The van der Waals surface area contributed by atoms with Crippen LogP contribution >= 0.6 is 0 Å². The van der Waals surface area contributed by atoms with E-state index in [1.807, 2.05) is 24.8 Å². The zero-order valence-electron chi connectivity index (χ0n) is 18.1. The van der Waals surface area contributed by atoms with Gasteiger partial charge in [0.2, 0.25) is 10.0 Å². The second-order valence-electron chi connectivity index (χ2n) is 8.51. The molecule has 29 heavy (non-hydrogen) atoms. The number of aryl methyl sites for hydroxylation is 2.